The number of rotatable bonds is 58. The van der Waals surface area contributed by atoms with Crippen LogP contribution in [0.4, 0.5) is 0 Å². The number of quaternary nitrogens is 1. The van der Waals surface area contributed by atoms with E-state index in [9.17, 15) is 19.4 Å². The molecule has 0 aromatic carbocycles. The van der Waals surface area contributed by atoms with Gasteiger partial charge in [-0.15, -0.1) is 0 Å². The fourth-order valence-corrected chi connectivity index (χ4v) is 10.0. The van der Waals surface area contributed by atoms with Gasteiger partial charge in [0.2, 0.25) is 5.91 Å². The lowest BCUT2D eigenvalue weighted by atomic mass is 10.0. The van der Waals surface area contributed by atoms with Gasteiger partial charge in [0.05, 0.1) is 39.9 Å². The van der Waals surface area contributed by atoms with Crippen LogP contribution in [-0.2, 0) is 18.4 Å². The minimum atomic E-state index is -4.33. The molecule has 1 amide bonds. The number of carbonyl (C=O) groups excluding carboxylic acids is 1. The number of unbranched alkanes of at least 4 members (excludes halogenated alkanes) is 33. The summed E-state index contributed by atoms with van der Waals surface area (Å²) in [7, 11) is 1.62. The minimum Gasteiger partial charge on any atom is -0.391 e. The number of nitrogens with one attached hydrogen (secondary N) is 1. The first-order valence-electron chi connectivity index (χ1n) is 31.8. The number of phosphoric ester groups is 1. The highest BCUT2D eigenvalue weighted by Gasteiger charge is 2.28. The molecule has 0 fully saturated rings. The van der Waals surface area contributed by atoms with Gasteiger partial charge in [0.25, 0.3) is 0 Å². The van der Waals surface area contributed by atoms with Gasteiger partial charge in [-0.25, -0.2) is 4.57 Å². The fourth-order valence-electron chi connectivity index (χ4n) is 9.29. The Morgan fingerprint density at radius 3 is 1.17 bits per heavy atom. The molecule has 0 rings (SSSR count). The molecule has 0 aliphatic heterocycles. The number of carbonyl (C=O) groups is 1. The summed E-state index contributed by atoms with van der Waals surface area (Å²) in [6, 6.07) is -0.765. The second kappa shape index (κ2) is 56.7. The molecule has 3 atom stereocenters. The van der Waals surface area contributed by atoms with Crippen molar-refractivity contribution in [1.82, 2.24) is 5.32 Å². The van der Waals surface area contributed by atoms with Gasteiger partial charge in [-0.05, 0) is 64.2 Å². The number of aliphatic hydroxyl groups is 1. The van der Waals surface area contributed by atoms with Gasteiger partial charge in [0.1, 0.15) is 13.2 Å². The number of likely N-dealkylation sites (N-methyl/N-ethyl adjacent to an activating group) is 1. The molecule has 3 unspecified atom stereocenters. The summed E-state index contributed by atoms with van der Waals surface area (Å²) in [4.78, 5) is 23.4. The molecular weight excluding hydrogens is 948 g/mol. The zero-order chi connectivity index (χ0) is 54.9. The van der Waals surface area contributed by atoms with Crippen molar-refractivity contribution in [2.45, 2.75) is 302 Å². The first-order valence-corrected chi connectivity index (χ1v) is 33.3. The van der Waals surface area contributed by atoms with Crippen molar-refractivity contribution in [1.29, 1.82) is 0 Å². The van der Waals surface area contributed by atoms with Gasteiger partial charge in [0, 0.05) is 6.42 Å². The van der Waals surface area contributed by atoms with E-state index >= 15 is 0 Å². The number of hydrogen-bond acceptors (Lipinski definition) is 5. The average Bonchev–Trinajstić information content (AvgIpc) is 3.37. The number of allylic oxidation sites excluding steroid dienone is 12. The van der Waals surface area contributed by atoms with Crippen molar-refractivity contribution in [2.24, 2.45) is 0 Å². The van der Waals surface area contributed by atoms with E-state index in [4.69, 9.17) is 9.05 Å². The molecule has 0 heterocycles. The number of aliphatic hydroxyl groups excluding tert-OH is 1. The SMILES string of the molecule is CC/C=C\C/C=C\C/C=C\C/C=C\C/C=C\C/C=C\CCCCCCCCCCCCCCCCC(=O)NC(COP(=O)(O)OCC[N+](C)(C)C)C(O)CCCCCCCCCCCCCCCCCCCCCC. The zero-order valence-corrected chi connectivity index (χ0v) is 50.9. The molecule has 438 valence electrons. The molecule has 3 N–H and O–H groups in total. The Balaban J connectivity index is 4.08. The molecule has 75 heavy (non-hydrogen) atoms. The van der Waals surface area contributed by atoms with Gasteiger partial charge >= 0.3 is 7.82 Å². The Labute approximate surface area is 465 Å². The maximum atomic E-state index is 13.0. The van der Waals surface area contributed by atoms with Crippen molar-refractivity contribution in [3.8, 4) is 0 Å². The zero-order valence-electron chi connectivity index (χ0n) is 50.0. The topological polar surface area (TPSA) is 105 Å². The van der Waals surface area contributed by atoms with Crippen LogP contribution >= 0.6 is 7.82 Å². The third-order valence-corrected chi connectivity index (χ3v) is 15.2. The lowest BCUT2D eigenvalue weighted by Gasteiger charge is -2.26. The Hall–Kier alpha value is -2.06. The molecule has 0 aromatic rings. The highest BCUT2D eigenvalue weighted by molar-refractivity contribution is 7.47. The van der Waals surface area contributed by atoms with Crippen molar-refractivity contribution in [3.63, 3.8) is 0 Å². The van der Waals surface area contributed by atoms with Crippen molar-refractivity contribution in [3.05, 3.63) is 72.9 Å². The third-order valence-electron chi connectivity index (χ3n) is 14.2. The molecule has 8 nitrogen and oxygen atoms in total. The Bertz CT molecular complexity index is 1450. The van der Waals surface area contributed by atoms with Gasteiger partial charge in [-0.1, -0.05) is 292 Å². The van der Waals surface area contributed by atoms with Crippen LogP contribution in [0.25, 0.3) is 0 Å². The molecule has 0 radical (unpaired) electrons. The second-order valence-electron chi connectivity index (χ2n) is 22.8. The number of nitrogens with zero attached hydrogens (tertiary/aromatic N) is 1. The third kappa shape index (κ3) is 59.4. The summed E-state index contributed by atoms with van der Waals surface area (Å²) in [5.41, 5.74) is 0. The van der Waals surface area contributed by atoms with Crippen molar-refractivity contribution in [2.75, 3.05) is 40.9 Å². The molecule has 9 heteroatoms. The van der Waals surface area contributed by atoms with Crippen LogP contribution in [0.5, 0.6) is 0 Å². The van der Waals surface area contributed by atoms with Crippen LogP contribution in [0.3, 0.4) is 0 Å². The van der Waals surface area contributed by atoms with Gasteiger partial charge in [-0.2, -0.15) is 0 Å². The number of phosphoric acid groups is 1. The molecule has 0 spiro atoms. The first-order chi connectivity index (χ1) is 36.5. The smallest absolute Gasteiger partial charge is 0.391 e. The van der Waals surface area contributed by atoms with E-state index in [1.54, 1.807) is 0 Å². The number of hydrogen-bond donors (Lipinski definition) is 3. The molecule has 0 bridgehead atoms. The van der Waals surface area contributed by atoms with E-state index in [0.29, 0.717) is 23.9 Å². The van der Waals surface area contributed by atoms with Gasteiger partial charge in [0.15, 0.2) is 0 Å². The summed E-state index contributed by atoms with van der Waals surface area (Å²) in [6.45, 7) is 4.80. The lowest BCUT2D eigenvalue weighted by molar-refractivity contribution is -0.870. The van der Waals surface area contributed by atoms with E-state index in [0.717, 1.165) is 77.0 Å². The monoisotopic (exact) mass is 1070 g/mol. The largest absolute Gasteiger partial charge is 0.472 e. The summed E-state index contributed by atoms with van der Waals surface area (Å²) in [5, 5.41) is 14.1. The van der Waals surface area contributed by atoms with E-state index < -0.39 is 20.0 Å². The van der Waals surface area contributed by atoms with Crippen molar-refractivity contribution < 1.29 is 32.9 Å². The summed E-state index contributed by atoms with van der Waals surface area (Å²) >= 11 is 0. The van der Waals surface area contributed by atoms with E-state index in [2.05, 4.69) is 92.1 Å². The van der Waals surface area contributed by atoms with E-state index in [-0.39, 0.29) is 19.1 Å². The molecule has 0 aliphatic carbocycles. The first kappa shape index (κ1) is 72.9. The molecule has 0 aromatic heterocycles. The Morgan fingerprint density at radius 2 is 0.800 bits per heavy atom. The quantitative estimate of drug-likeness (QED) is 0.0243. The van der Waals surface area contributed by atoms with Gasteiger partial charge < -0.3 is 19.8 Å². The predicted molar refractivity (Wildman–Crippen MR) is 327 cm³/mol. The van der Waals surface area contributed by atoms with Crippen LogP contribution in [0.2, 0.25) is 0 Å². The normalized spacial score (nSPS) is 14.3. The van der Waals surface area contributed by atoms with Gasteiger partial charge in [-0.3, -0.25) is 13.8 Å². The highest BCUT2D eigenvalue weighted by atomic mass is 31.2. The van der Waals surface area contributed by atoms with Crippen LogP contribution < -0.4 is 5.32 Å². The minimum absolute atomic E-state index is 0.0734. The maximum absolute atomic E-state index is 13.0. The van der Waals surface area contributed by atoms with Crippen LogP contribution in [-0.4, -0.2) is 73.4 Å². The van der Waals surface area contributed by atoms with Crippen LogP contribution in [0.1, 0.15) is 290 Å². The fraction of sp³-hybridized carbons (Fsp3) is 0.803. The standard InChI is InChI=1S/C66H123N2O6P/c1-6-8-10-12-14-16-18-20-22-24-26-28-29-30-31-32-33-34-35-36-37-38-39-40-42-44-46-48-50-52-54-56-58-60-66(70)67-64(63-74-75(71,72)73-62-61-68(3,4)5)65(69)59-57-55-53-51-49-47-45-43-41-27-25-23-21-19-17-15-13-11-9-7-2/h8,10,14,16,20,22,26,28,30-31,33-34,64-65,69H,6-7,9,11-13,15,17-19,21,23-25,27,29,32,35-63H2,1-5H3,(H-,67,70,71,72)/p+1/b10-8-,16-14-,22-20-,28-26-,31-30-,34-33-. The molecule has 0 aliphatic rings. The Kier molecular flexibility index (Phi) is 55.1. The molecule has 0 saturated heterocycles. The molecular formula is C66H124N2O6P+. The number of amides is 1. The highest BCUT2D eigenvalue weighted by Crippen LogP contribution is 2.43. The van der Waals surface area contributed by atoms with Crippen LogP contribution in [0, 0.1) is 0 Å². The summed E-state index contributed by atoms with van der Waals surface area (Å²) in [5.74, 6) is -0.144. The van der Waals surface area contributed by atoms with Crippen LogP contribution in [0.15, 0.2) is 72.9 Å². The van der Waals surface area contributed by atoms with Crippen molar-refractivity contribution >= 4 is 13.7 Å². The summed E-state index contributed by atoms with van der Waals surface area (Å²) in [6.07, 6.45) is 78.3. The molecule has 0 saturated carbocycles. The second-order valence-corrected chi connectivity index (χ2v) is 24.2. The average molecular weight is 1070 g/mol. The van der Waals surface area contributed by atoms with E-state index in [1.165, 1.54) is 186 Å². The Morgan fingerprint density at radius 1 is 0.467 bits per heavy atom. The lowest BCUT2D eigenvalue weighted by Crippen LogP contribution is -2.46. The van der Waals surface area contributed by atoms with E-state index in [1.807, 2.05) is 21.1 Å². The predicted octanol–water partition coefficient (Wildman–Crippen LogP) is 19.8. The summed E-state index contributed by atoms with van der Waals surface area (Å²) < 4.78 is 23.8. The maximum Gasteiger partial charge on any atom is 0.472 e.